The maximum atomic E-state index is 11.5. The molecule has 0 unspecified atom stereocenters. The summed E-state index contributed by atoms with van der Waals surface area (Å²) in [5.74, 6) is 1.27. The van der Waals surface area contributed by atoms with Crippen LogP contribution in [0.3, 0.4) is 0 Å². The molecular formula is C15H13IN4O3S. The molecule has 0 radical (unpaired) electrons. The van der Waals surface area contributed by atoms with Crippen LogP contribution in [0.1, 0.15) is 5.82 Å². The van der Waals surface area contributed by atoms with Crippen LogP contribution in [0.15, 0.2) is 53.4 Å². The zero-order valence-corrected chi connectivity index (χ0v) is 15.6. The van der Waals surface area contributed by atoms with Crippen molar-refractivity contribution in [3.8, 4) is 11.4 Å². The standard InChI is InChI=1S/C15H13IN4O3S/c1-24(21,22)12-8-6-11(7-9-12)20-15(17-18-19-20)10-23-14-5-3-2-4-13(14)16/h2-9H,10H2,1H3. The van der Waals surface area contributed by atoms with E-state index >= 15 is 0 Å². The SMILES string of the molecule is CS(=O)(=O)c1ccc(-n2nnnc2COc2ccccc2I)cc1. The van der Waals surface area contributed by atoms with Gasteiger partial charge < -0.3 is 4.74 Å². The van der Waals surface area contributed by atoms with Gasteiger partial charge in [0.15, 0.2) is 15.7 Å². The zero-order valence-electron chi connectivity index (χ0n) is 12.6. The Kier molecular flexibility index (Phi) is 4.81. The fourth-order valence-electron chi connectivity index (χ4n) is 2.03. The van der Waals surface area contributed by atoms with Crippen LogP contribution in [-0.4, -0.2) is 34.9 Å². The first kappa shape index (κ1) is 16.8. The fourth-order valence-corrected chi connectivity index (χ4v) is 3.21. The molecule has 3 rings (SSSR count). The quantitative estimate of drug-likeness (QED) is 0.548. The van der Waals surface area contributed by atoms with Crippen molar-refractivity contribution in [2.24, 2.45) is 0 Å². The van der Waals surface area contributed by atoms with Crippen molar-refractivity contribution in [1.82, 2.24) is 20.2 Å². The normalized spacial score (nSPS) is 11.4. The van der Waals surface area contributed by atoms with Crippen LogP contribution in [-0.2, 0) is 16.4 Å². The number of halogens is 1. The molecule has 0 aliphatic carbocycles. The molecule has 0 amide bonds. The summed E-state index contributed by atoms with van der Waals surface area (Å²) < 4.78 is 31.3. The Hall–Kier alpha value is -2.01. The van der Waals surface area contributed by atoms with Crippen LogP contribution < -0.4 is 4.74 Å². The van der Waals surface area contributed by atoms with E-state index in [0.717, 1.165) is 9.32 Å². The number of tetrazole rings is 1. The van der Waals surface area contributed by atoms with Gasteiger partial charge >= 0.3 is 0 Å². The lowest BCUT2D eigenvalue weighted by molar-refractivity contribution is 0.290. The van der Waals surface area contributed by atoms with Crippen LogP contribution in [0.25, 0.3) is 5.69 Å². The van der Waals surface area contributed by atoms with E-state index in [0.29, 0.717) is 11.5 Å². The maximum Gasteiger partial charge on any atom is 0.194 e. The van der Waals surface area contributed by atoms with Gasteiger partial charge in [-0.15, -0.1) is 5.10 Å². The number of nitrogens with zero attached hydrogens (tertiary/aromatic N) is 4. The second-order valence-electron chi connectivity index (χ2n) is 4.99. The Morgan fingerprint density at radius 1 is 1.12 bits per heavy atom. The van der Waals surface area contributed by atoms with Crippen LogP contribution in [0.5, 0.6) is 5.75 Å². The average Bonchev–Trinajstić information content (AvgIpc) is 3.02. The summed E-state index contributed by atoms with van der Waals surface area (Å²) in [7, 11) is -3.24. The highest BCUT2D eigenvalue weighted by Gasteiger charge is 2.12. The number of ether oxygens (including phenoxy) is 1. The van der Waals surface area contributed by atoms with Gasteiger partial charge in [0.25, 0.3) is 0 Å². The highest BCUT2D eigenvalue weighted by Crippen LogP contribution is 2.21. The van der Waals surface area contributed by atoms with Crippen molar-refractivity contribution in [2.45, 2.75) is 11.5 Å². The Balaban J connectivity index is 1.82. The van der Waals surface area contributed by atoms with Crippen LogP contribution in [0, 0.1) is 3.57 Å². The van der Waals surface area contributed by atoms with Gasteiger partial charge in [-0.3, -0.25) is 0 Å². The van der Waals surface area contributed by atoms with Crippen LogP contribution in [0.4, 0.5) is 0 Å². The van der Waals surface area contributed by atoms with Gasteiger partial charge in [-0.05, 0) is 69.4 Å². The van der Waals surface area contributed by atoms with Crippen molar-refractivity contribution in [2.75, 3.05) is 6.26 Å². The molecule has 2 aromatic carbocycles. The first-order chi connectivity index (χ1) is 11.4. The van der Waals surface area contributed by atoms with E-state index in [9.17, 15) is 8.42 Å². The predicted octanol–water partition coefficient (Wildman–Crippen LogP) is 2.25. The molecule has 124 valence electrons. The fraction of sp³-hybridized carbons (Fsp3) is 0.133. The van der Waals surface area contributed by atoms with E-state index < -0.39 is 9.84 Å². The Morgan fingerprint density at radius 2 is 1.83 bits per heavy atom. The molecule has 0 fully saturated rings. The van der Waals surface area contributed by atoms with E-state index in [-0.39, 0.29) is 11.5 Å². The summed E-state index contributed by atoms with van der Waals surface area (Å²) >= 11 is 2.19. The Bertz CT molecular complexity index is 955. The van der Waals surface area contributed by atoms with E-state index in [4.69, 9.17) is 4.74 Å². The molecular weight excluding hydrogens is 443 g/mol. The maximum absolute atomic E-state index is 11.5. The summed E-state index contributed by atoms with van der Waals surface area (Å²) in [6, 6.07) is 14.0. The number of sulfone groups is 1. The van der Waals surface area contributed by atoms with Crippen molar-refractivity contribution in [3.05, 3.63) is 57.9 Å². The molecule has 7 nitrogen and oxygen atoms in total. The van der Waals surface area contributed by atoms with Gasteiger partial charge in [0.2, 0.25) is 0 Å². The molecule has 0 spiro atoms. The molecule has 0 aliphatic rings. The smallest absolute Gasteiger partial charge is 0.194 e. The van der Waals surface area contributed by atoms with Crippen molar-refractivity contribution < 1.29 is 13.2 Å². The van der Waals surface area contributed by atoms with Crippen molar-refractivity contribution >= 4 is 32.4 Å². The van der Waals surface area contributed by atoms with E-state index in [2.05, 4.69) is 38.1 Å². The highest BCUT2D eigenvalue weighted by molar-refractivity contribution is 14.1. The van der Waals surface area contributed by atoms with Crippen molar-refractivity contribution in [1.29, 1.82) is 0 Å². The minimum absolute atomic E-state index is 0.195. The van der Waals surface area contributed by atoms with Gasteiger partial charge in [-0.2, -0.15) is 4.68 Å². The first-order valence-corrected chi connectivity index (χ1v) is 9.87. The molecule has 3 aromatic rings. The molecule has 0 N–H and O–H groups in total. The molecule has 9 heteroatoms. The van der Waals surface area contributed by atoms with E-state index in [1.807, 2.05) is 24.3 Å². The molecule has 0 saturated heterocycles. The monoisotopic (exact) mass is 456 g/mol. The first-order valence-electron chi connectivity index (χ1n) is 6.90. The topological polar surface area (TPSA) is 87.0 Å². The van der Waals surface area contributed by atoms with Gasteiger partial charge in [0.05, 0.1) is 14.2 Å². The van der Waals surface area contributed by atoms with Crippen molar-refractivity contribution in [3.63, 3.8) is 0 Å². The van der Waals surface area contributed by atoms with Crippen LogP contribution >= 0.6 is 22.6 Å². The molecule has 1 heterocycles. The number of aromatic nitrogens is 4. The van der Waals surface area contributed by atoms with E-state index in [1.165, 1.54) is 23.1 Å². The molecule has 1 aromatic heterocycles. The summed E-state index contributed by atoms with van der Waals surface area (Å²) in [5.41, 5.74) is 0.661. The third-order valence-electron chi connectivity index (χ3n) is 3.24. The number of rotatable bonds is 5. The Labute approximate surface area is 152 Å². The lowest BCUT2D eigenvalue weighted by Gasteiger charge is -2.08. The summed E-state index contributed by atoms with van der Waals surface area (Å²) in [6.45, 7) is 0.195. The van der Waals surface area contributed by atoms with Gasteiger partial charge in [0, 0.05) is 6.26 Å². The number of hydrogen-bond acceptors (Lipinski definition) is 6. The van der Waals surface area contributed by atoms with E-state index in [1.54, 1.807) is 12.1 Å². The minimum atomic E-state index is -3.24. The Morgan fingerprint density at radius 3 is 2.50 bits per heavy atom. The van der Waals surface area contributed by atoms with Gasteiger partial charge in [-0.1, -0.05) is 12.1 Å². The summed E-state index contributed by atoms with van der Waals surface area (Å²) in [5, 5.41) is 11.6. The second kappa shape index (κ2) is 6.85. The average molecular weight is 456 g/mol. The molecule has 24 heavy (non-hydrogen) atoms. The molecule has 0 saturated carbocycles. The second-order valence-corrected chi connectivity index (χ2v) is 8.17. The highest BCUT2D eigenvalue weighted by atomic mass is 127. The number of benzene rings is 2. The summed E-state index contributed by atoms with van der Waals surface area (Å²) in [4.78, 5) is 0.246. The van der Waals surface area contributed by atoms with Gasteiger partial charge in [-0.25, -0.2) is 8.42 Å². The molecule has 0 aliphatic heterocycles. The number of para-hydroxylation sites is 1. The molecule has 0 bridgehead atoms. The largest absolute Gasteiger partial charge is 0.484 e. The lowest BCUT2D eigenvalue weighted by atomic mass is 10.3. The predicted molar refractivity (Wildman–Crippen MR) is 95.8 cm³/mol. The zero-order chi connectivity index (χ0) is 17.2. The molecule has 0 atom stereocenters. The third kappa shape index (κ3) is 3.73. The summed E-state index contributed by atoms with van der Waals surface area (Å²) in [6.07, 6.45) is 1.17. The number of hydrogen-bond donors (Lipinski definition) is 0. The van der Waals surface area contributed by atoms with Crippen LogP contribution in [0.2, 0.25) is 0 Å². The lowest BCUT2D eigenvalue weighted by Crippen LogP contribution is -2.07. The third-order valence-corrected chi connectivity index (χ3v) is 5.26. The minimum Gasteiger partial charge on any atom is -0.484 e. The van der Waals surface area contributed by atoms with Gasteiger partial charge in [0.1, 0.15) is 12.4 Å².